The van der Waals surface area contributed by atoms with Crippen LogP contribution < -0.4 is 0 Å². The van der Waals surface area contributed by atoms with E-state index in [0.29, 0.717) is 5.41 Å². The van der Waals surface area contributed by atoms with Crippen LogP contribution in [0.25, 0.3) is 0 Å². The normalized spacial score (nSPS) is 23.6. The summed E-state index contributed by atoms with van der Waals surface area (Å²) in [7, 11) is 2.21. The van der Waals surface area contributed by atoms with Gasteiger partial charge in [-0.1, -0.05) is 11.6 Å². The SMILES string of the molecule is CN1CCC2(CC1)Cc1cc(Cl)cnc1C2. The predicted octanol–water partition coefficient (Wildman–Crippen LogP) is 2.55. The highest BCUT2D eigenvalue weighted by Gasteiger charge is 2.39. The van der Waals surface area contributed by atoms with Crippen molar-refractivity contribution in [2.45, 2.75) is 25.7 Å². The first-order valence-corrected chi connectivity index (χ1v) is 6.37. The van der Waals surface area contributed by atoms with E-state index < -0.39 is 0 Å². The Balaban J connectivity index is 1.84. The van der Waals surface area contributed by atoms with Crippen molar-refractivity contribution in [2.24, 2.45) is 5.41 Å². The summed E-state index contributed by atoms with van der Waals surface area (Å²) in [4.78, 5) is 6.91. The van der Waals surface area contributed by atoms with Crippen LogP contribution >= 0.6 is 11.6 Å². The molecule has 0 aromatic carbocycles. The molecular weight excluding hydrogens is 220 g/mol. The van der Waals surface area contributed by atoms with Crippen LogP contribution in [-0.4, -0.2) is 30.0 Å². The summed E-state index contributed by atoms with van der Waals surface area (Å²) in [6, 6.07) is 2.11. The quantitative estimate of drug-likeness (QED) is 0.688. The number of aromatic nitrogens is 1. The van der Waals surface area contributed by atoms with Gasteiger partial charge in [0.05, 0.1) is 5.02 Å². The summed E-state index contributed by atoms with van der Waals surface area (Å²) < 4.78 is 0. The number of halogens is 1. The van der Waals surface area contributed by atoms with Gasteiger partial charge in [-0.25, -0.2) is 0 Å². The highest BCUT2D eigenvalue weighted by molar-refractivity contribution is 6.30. The van der Waals surface area contributed by atoms with Crippen molar-refractivity contribution in [3.05, 3.63) is 28.5 Å². The standard InChI is InChI=1S/C13H17ClN2/c1-16-4-2-13(3-5-16)7-10-6-11(14)9-15-12(10)8-13/h6,9H,2-5,7-8H2,1H3. The van der Waals surface area contributed by atoms with Crippen molar-refractivity contribution in [1.29, 1.82) is 0 Å². The molecule has 1 aliphatic heterocycles. The first-order valence-electron chi connectivity index (χ1n) is 5.99. The first-order chi connectivity index (χ1) is 7.67. The first kappa shape index (κ1) is 10.5. The Kier molecular flexibility index (Phi) is 2.45. The van der Waals surface area contributed by atoms with E-state index in [4.69, 9.17) is 11.6 Å². The number of nitrogens with zero attached hydrogens (tertiary/aromatic N) is 2. The van der Waals surface area contributed by atoms with Crippen LogP contribution in [0.3, 0.4) is 0 Å². The second kappa shape index (κ2) is 3.71. The molecule has 2 nitrogen and oxygen atoms in total. The molecule has 3 rings (SSSR count). The zero-order valence-corrected chi connectivity index (χ0v) is 10.4. The van der Waals surface area contributed by atoms with E-state index in [9.17, 15) is 0 Å². The molecule has 0 amide bonds. The lowest BCUT2D eigenvalue weighted by Crippen LogP contribution is -2.38. The Morgan fingerprint density at radius 2 is 2.06 bits per heavy atom. The van der Waals surface area contributed by atoms with Crippen molar-refractivity contribution in [3.63, 3.8) is 0 Å². The lowest BCUT2D eigenvalue weighted by molar-refractivity contribution is 0.131. The van der Waals surface area contributed by atoms with Gasteiger partial charge in [-0.2, -0.15) is 0 Å². The van der Waals surface area contributed by atoms with Gasteiger partial charge in [0.25, 0.3) is 0 Å². The minimum atomic E-state index is 0.493. The third kappa shape index (κ3) is 1.74. The molecule has 3 heteroatoms. The maximum absolute atomic E-state index is 6.00. The van der Waals surface area contributed by atoms with Crippen LogP contribution in [0.4, 0.5) is 0 Å². The molecule has 1 aliphatic carbocycles. The van der Waals surface area contributed by atoms with Crippen molar-refractivity contribution in [3.8, 4) is 0 Å². The molecule has 1 spiro atoms. The second-order valence-electron chi connectivity index (χ2n) is 5.42. The number of pyridine rings is 1. The van der Waals surface area contributed by atoms with Crippen molar-refractivity contribution < 1.29 is 0 Å². The van der Waals surface area contributed by atoms with Gasteiger partial charge < -0.3 is 4.90 Å². The minimum Gasteiger partial charge on any atom is -0.306 e. The van der Waals surface area contributed by atoms with Gasteiger partial charge >= 0.3 is 0 Å². The highest BCUT2D eigenvalue weighted by atomic mass is 35.5. The molecule has 1 saturated heterocycles. The number of piperidine rings is 1. The molecule has 0 radical (unpaired) electrons. The molecule has 0 bridgehead atoms. The molecule has 0 unspecified atom stereocenters. The Morgan fingerprint density at radius 3 is 2.81 bits per heavy atom. The Labute approximate surface area is 102 Å². The van der Waals surface area contributed by atoms with Gasteiger partial charge in [0.15, 0.2) is 0 Å². The van der Waals surface area contributed by atoms with Crippen LogP contribution in [-0.2, 0) is 12.8 Å². The highest BCUT2D eigenvalue weighted by Crippen LogP contribution is 2.44. The Bertz CT molecular complexity index is 408. The van der Waals surface area contributed by atoms with E-state index in [1.165, 1.54) is 43.6 Å². The third-order valence-electron chi connectivity index (χ3n) is 4.18. The van der Waals surface area contributed by atoms with Crippen molar-refractivity contribution >= 4 is 11.6 Å². The fourth-order valence-corrected chi connectivity index (χ4v) is 3.27. The van der Waals surface area contributed by atoms with Crippen LogP contribution in [0.1, 0.15) is 24.1 Å². The second-order valence-corrected chi connectivity index (χ2v) is 5.85. The average Bonchev–Trinajstić information content (AvgIpc) is 2.60. The molecule has 1 fully saturated rings. The predicted molar refractivity (Wildman–Crippen MR) is 65.8 cm³/mol. The minimum absolute atomic E-state index is 0.493. The van der Waals surface area contributed by atoms with Gasteiger partial charge in [0.2, 0.25) is 0 Å². The molecule has 2 aliphatic rings. The van der Waals surface area contributed by atoms with E-state index in [1.807, 2.05) is 0 Å². The maximum atomic E-state index is 6.00. The molecule has 86 valence electrons. The maximum Gasteiger partial charge on any atom is 0.0592 e. The molecule has 2 heterocycles. The Hall–Kier alpha value is -0.600. The molecular formula is C13H17ClN2. The van der Waals surface area contributed by atoms with Crippen LogP contribution in [0, 0.1) is 5.41 Å². The summed E-state index contributed by atoms with van der Waals surface area (Å²) >= 11 is 6.00. The van der Waals surface area contributed by atoms with E-state index in [-0.39, 0.29) is 0 Å². The topological polar surface area (TPSA) is 16.1 Å². The van der Waals surface area contributed by atoms with Crippen molar-refractivity contribution in [1.82, 2.24) is 9.88 Å². The van der Waals surface area contributed by atoms with Gasteiger partial charge in [-0.05, 0) is 62.9 Å². The van der Waals surface area contributed by atoms with E-state index in [0.717, 1.165) is 11.4 Å². The van der Waals surface area contributed by atoms with Gasteiger partial charge in [0.1, 0.15) is 0 Å². The van der Waals surface area contributed by atoms with Crippen LogP contribution in [0.15, 0.2) is 12.3 Å². The van der Waals surface area contributed by atoms with Gasteiger partial charge in [-0.15, -0.1) is 0 Å². The van der Waals surface area contributed by atoms with Crippen LogP contribution in [0.2, 0.25) is 5.02 Å². The number of hydrogen-bond donors (Lipinski definition) is 0. The lowest BCUT2D eigenvalue weighted by Gasteiger charge is -2.37. The van der Waals surface area contributed by atoms with E-state index in [1.54, 1.807) is 6.20 Å². The van der Waals surface area contributed by atoms with Gasteiger partial charge in [-0.3, -0.25) is 4.98 Å². The molecule has 0 atom stereocenters. The zero-order chi connectivity index (χ0) is 11.2. The molecule has 0 N–H and O–H groups in total. The summed E-state index contributed by atoms with van der Waals surface area (Å²) in [6.07, 6.45) is 6.74. The summed E-state index contributed by atoms with van der Waals surface area (Å²) in [6.45, 7) is 2.45. The largest absolute Gasteiger partial charge is 0.306 e. The summed E-state index contributed by atoms with van der Waals surface area (Å²) in [5.41, 5.74) is 3.16. The molecule has 0 saturated carbocycles. The number of fused-ring (bicyclic) bond motifs is 1. The summed E-state index contributed by atoms with van der Waals surface area (Å²) in [5.74, 6) is 0. The van der Waals surface area contributed by atoms with Gasteiger partial charge in [0, 0.05) is 11.9 Å². The lowest BCUT2D eigenvalue weighted by atomic mass is 9.76. The van der Waals surface area contributed by atoms with E-state index in [2.05, 4.69) is 23.0 Å². The van der Waals surface area contributed by atoms with E-state index >= 15 is 0 Å². The monoisotopic (exact) mass is 236 g/mol. The molecule has 16 heavy (non-hydrogen) atoms. The molecule has 1 aromatic heterocycles. The number of rotatable bonds is 0. The molecule has 1 aromatic rings. The third-order valence-corrected chi connectivity index (χ3v) is 4.39. The zero-order valence-electron chi connectivity index (χ0n) is 9.67. The fraction of sp³-hybridized carbons (Fsp3) is 0.615. The Morgan fingerprint density at radius 1 is 1.31 bits per heavy atom. The smallest absolute Gasteiger partial charge is 0.0592 e. The average molecular weight is 237 g/mol. The van der Waals surface area contributed by atoms with Crippen molar-refractivity contribution in [2.75, 3.05) is 20.1 Å². The van der Waals surface area contributed by atoms with Crippen LogP contribution in [0.5, 0.6) is 0 Å². The summed E-state index contributed by atoms with van der Waals surface area (Å²) in [5, 5.41) is 0.781. The fourth-order valence-electron chi connectivity index (χ4n) is 3.09. The number of hydrogen-bond acceptors (Lipinski definition) is 2. The number of likely N-dealkylation sites (tertiary alicyclic amines) is 1.